The Kier molecular flexibility index (Phi) is 4.81. The summed E-state index contributed by atoms with van der Waals surface area (Å²) in [5, 5.41) is 0. The maximum Gasteiger partial charge on any atom is 0.236 e. The van der Waals surface area contributed by atoms with Crippen LogP contribution in [0.1, 0.15) is 26.7 Å². The number of carbonyl (C=O) groups excluding carboxylic acids is 1. The third-order valence-corrected chi connectivity index (χ3v) is 4.55. The second-order valence-electron chi connectivity index (χ2n) is 6.37. The van der Waals surface area contributed by atoms with Gasteiger partial charge in [-0.1, -0.05) is 0 Å². The molecule has 5 heteroatoms. The first-order chi connectivity index (χ1) is 9.03. The highest BCUT2D eigenvalue weighted by Gasteiger charge is 2.29. The number of nitrogens with two attached hydrogens (primary N) is 1. The number of nitrogens with zero attached hydrogens (tertiary/aromatic N) is 3. The fraction of sp³-hybridized carbons (Fsp3) is 0.929. The van der Waals surface area contributed by atoms with E-state index in [1.807, 2.05) is 4.90 Å². The molecule has 0 atom stereocenters. The average molecular weight is 268 g/mol. The largest absolute Gasteiger partial charge is 0.342 e. The van der Waals surface area contributed by atoms with Crippen molar-refractivity contribution in [2.75, 3.05) is 52.4 Å². The van der Waals surface area contributed by atoms with E-state index >= 15 is 0 Å². The van der Waals surface area contributed by atoms with Gasteiger partial charge in [-0.15, -0.1) is 0 Å². The molecule has 19 heavy (non-hydrogen) atoms. The van der Waals surface area contributed by atoms with Crippen molar-refractivity contribution in [2.24, 2.45) is 5.73 Å². The van der Waals surface area contributed by atoms with Gasteiger partial charge in [0.25, 0.3) is 0 Å². The van der Waals surface area contributed by atoms with Crippen LogP contribution in [0.2, 0.25) is 0 Å². The molecule has 0 saturated carbocycles. The van der Waals surface area contributed by atoms with Gasteiger partial charge in [0, 0.05) is 51.4 Å². The Balaban J connectivity index is 1.75. The summed E-state index contributed by atoms with van der Waals surface area (Å²) in [4.78, 5) is 18.8. The monoisotopic (exact) mass is 268 g/mol. The van der Waals surface area contributed by atoms with Crippen LogP contribution in [0, 0.1) is 0 Å². The quantitative estimate of drug-likeness (QED) is 0.777. The zero-order valence-corrected chi connectivity index (χ0v) is 12.4. The van der Waals surface area contributed by atoms with Gasteiger partial charge >= 0.3 is 0 Å². The highest BCUT2D eigenvalue weighted by Crippen LogP contribution is 2.16. The van der Waals surface area contributed by atoms with Gasteiger partial charge in [0.15, 0.2) is 0 Å². The summed E-state index contributed by atoms with van der Waals surface area (Å²) < 4.78 is 0. The number of piperazine rings is 1. The minimum absolute atomic E-state index is 0.0745. The van der Waals surface area contributed by atoms with Gasteiger partial charge in [0.05, 0.1) is 6.54 Å². The number of likely N-dealkylation sites (tertiary alicyclic amines) is 1. The zero-order chi connectivity index (χ0) is 13.9. The summed E-state index contributed by atoms with van der Waals surface area (Å²) in [6, 6.07) is 0. The van der Waals surface area contributed by atoms with Crippen LogP contribution in [0.3, 0.4) is 0 Å². The lowest BCUT2D eigenvalue weighted by atomic mass is 10.0. The van der Waals surface area contributed by atoms with Crippen molar-refractivity contribution in [3.63, 3.8) is 0 Å². The lowest BCUT2D eigenvalue weighted by molar-refractivity contribution is -0.131. The number of hydrogen-bond acceptors (Lipinski definition) is 4. The van der Waals surface area contributed by atoms with Gasteiger partial charge in [-0.05, 0) is 26.7 Å². The van der Waals surface area contributed by atoms with E-state index in [4.69, 9.17) is 5.73 Å². The van der Waals surface area contributed by atoms with E-state index in [0.29, 0.717) is 19.0 Å². The number of rotatable bonds is 4. The zero-order valence-electron chi connectivity index (χ0n) is 12.4. The maximum absolute atomic E-state index is 12.1. The molecule has 0 aliphatic carbocycles. The Bertz CT molecular complexity index is 305. The van der Waals surface area contributed by atoms with Gasteiger partial charge in [-0.2, -0.15) is 0 Å². The number of hydrogen-bond donors (Lipinski definition) is 1. The molecule has 0 bridgehead atoms. The van der Waals surface area contributed by atoms with E-state index in [1.165, 1.54) is 12.8 Å². The molecule has 110 valence electrons. The summed E-state index contributed by atoms with van der Waals surface area (Å²) >= 11 is 0. The SMILES string of the molecule is CC(C)(CN)N1CCN(CC(=O)N2CCCC2)CC1. The fourth-order valence-corrected chi connectivity index (χ4v) is 2.90. The van der Waals surface area contributed by atoms with Crippen LogP contribution in [-0.2, 0) is 4.79 Å². The second-order valence-corrected chi connectivity index (χ2v) is 6.37. The van der Waals surface area contributed by atoms with Gasteiger partial charge in [-0.3, -0.25) is 14.6 Å². The molecule has 2 aliphatic heterocycles. The molecule has 0 spiro atoms. The van der Waals surface area contributed by atoms with Crippen LogP contribution in [0.15, 0.2) is 0 Å². The summed E-state index contributed by atoms with van der Waals surface area (Å²) in [7, 11) is 0. The maximum atomic E-state index is 12.1. The van der Waals surface area contributed by atoms with E-state index in [0.717, 1.165) is 39.3 Å². The normalized spacial score (nSPS) is 23.0. The molecule has 0 aromatic carbocycles. The Hall–Kier alpha value is -0.650. The van der Waals surface area contributed by atoms with Crippen LogP contribution in [0.5, 0.6) is 0 Å². The van der Waals surface area contributed by atoms with E-state index in [-0.39, 0.29) is 5.54 Å². The molecule has 2 N–H and O–H groups in total. The van der Waals surface area contributed by atoms with Gasteiger partial charge < -0.3 is 10.6 Å². The van der Waals surface area contributed by atoms with Crippen LogP contribution < -0.4 is 5.73 Å². The van der Waals surface area contributed by atoms with Crippen molar-refractivity contribution >= 4 is 5.91 Å². The van der Waals surface area contributed by atoms with Crippen molar-refractivity contribution < 1.29 is 4.79 Å². The summed E-state index contributed by atoms with van der Waals surface area (Å²) in [5.41, 5.74) is 5.89. The molecule has 2 fully saturated rings. The van der Waals surface area contributed by atoms with Crippen LogP contribution >= 0.6 is 0 Å². The first-order valence-corrected chi connectivity index (χ1v) is 7.48. The minimum atomic E-state index is 0.0745. The topological polar surface area (TPSA) is 52.8 Å². The molecule has 0 unspecified atom stereocenters. The molecular formula is C14H28N4O. The molecule has 2 rings (SSSR count). The van der Waals surface area contributed by atoms with E-state index in [2.05, 4.69) is 23.6 Å². The molecular weight excluding hydrogens is 240 g/mol. The van der Waals surface area contributed by atoms with Crippen molar-refractivity contribution in [1.29, 1.82) is 0 Å². The molecule has 5 nitrogen and oxygen atoms in total. The van der Waals surface area contributed by atoms with Gasteiger partial charge in [-0.25, -0.2) is 0 Å². The Labute approximate surface area is 116 Å². The molecule has 0 radical (unpaired) electrons. The predicted octanol–water partition coefficient (Wildman–Crippen LogP) is -0.0363. The standard InChI is InChI=1S/C14H28N4O/c1-14(2,12-15)18-9-7-16(8-10-18)11-13(19)17-5-3-4-6-17/h3-12,15H2,1-2H3. The number of carbonyl (C=O) groups is 1. The summed E-state index contributed by atoms with van der Waals surface area (Å²) in [5.74, 6) is 0.309. The Morgan fingerprint density at radius 2 is 1.63 bits per heavy atom. The highest BCUT2D eigenvalue weighted by atomic mass is 16.2. The Morgan fingerprint density at radius 3 is 2.16 bits per heavy atom. The third kappa shape index (κ3) is 3.68. The van der Waals surface area contributed by atoms with Crippen molar-refractivity contribution in [1.82, 2.24) is 14.7 Å². The average Bonchev–Trinajstić information content (AvgIpc) is 2.93. The summed E-state index contributed by atoms with van der Waals surface area (Å²) in [6.45, 7) is 11.5. The Morgan fingerprint density at radius 1 is 1.05 bits per heavy atom. The molecule has 0 aromatic heterocycles. The highest BCUT2D eigenvalue weighted by molar-refractivity contribution is 5.78. The predicted molar refractivity (Wildman–Crippen MR) is 77.0 cm³/mol. The van der Waals surface area contributed by atoms with E-state index in [9.17, 15) is 4.79 Å². The van der Waals surface area contributed by atoms with Crippen molar-refractivity contribution in [3.05, 3.63) is 0 Å². The molecule has 2 heterocycles. The van der Waals surface area contributed by atoms with E-state index < -0.39 is 0 Å². The smallest absolute Gasteiger partial charge is 0.236 e. The fourth-order valence-electron chi connectivity index (χ4n) is 2.90. The number of amides is 1. The molecule has 2 aliphatic rings. The first kappa shape index (κ1) is 14.8. The lowest BCUT2D eigenvalue weighted by Crippen LogP contribution is -2.58. The van der Waals surface area contributed by atoms with Crippen LogP contribution in [-0.4, -0.2) is 78.5 Å². The molecule has 0 aromatic rings. The van der Waals surface area contributed by atoms with Crippen molar-refractivity contribution in [2.45, 2.75) is 32.2 Å². The van der Waals surface area contributed by atoms with Crippen LogP contribution in [0.4, 0.5) is 0 Å². The van der Waals surface area contributed by atoms with Crippen molar-refractivity contribution in [3.8, 4) is 0 Å². The van der Waals surface area contributed by atoms with Gasteiger partial charge in [0.1, 0.15) is 0 Å². The summed E-state index contributed by atoms with van der Waals surface area (Å²) in [6.07, 6.45) is 2.34. The second kappa shape index (κ2) is 6.20. The first-order valence-electron chi connectivity index (χ1n) is 7.48. The van der Waals surface area contributed by atoms with Gasteiger partial charge in [0.2, 0.25) is 5.91 Å². The van der Waals surface area contributed by atoms with E-state index in [1.54, 1.807) is 0 Å². The third-order valence-electron chi connectivity index (χ3n) is 4.55. The lowest BCUT2D eigenvalue weighted by Gasteiger charge is -2.43. The molecule has 2 saturated heterocycles. The van der Waals surface area contributed by atoms with Crippen LogP contribution in [0.25, 0.3) is 0 Å². The minimum Gasteiger partial charge on any atom is -0.342 e. The molecule has 1 amide bonds.